The maximum Gasteiger partial charge on any atom is 0.318 e. The summed E-state index contributed by atoms with van der Waals surface area (Å²) in [6, 6.07) is 1.05. The zero-order valence-corrected chi connectivity index (χ0v) is 13.5. The van der Waals surface area contributed by atoms with Crippen molar-refractivity contribution in [3.8, 4) is 0 Å². The summed E-state index contributed by atoms with van der Waals surface area (Å²) in [4.78, 5) is 2.08. The maximum absolute atomic E-state index is 5.69. The Morgan fingerprint density at radius 1 is 1.37 bits per heavy atom. The number of rotatable bonds is 9. The minimum atomic E-state index is 0.437. The number of nitrogens with zero attached hydrogens (tertiary/aromatic N) is 3. The van der Waals surface area contributed by atoms with Crippen LogP contribution in [0.1, 0.15) is 33.1 Å². The average molecular weight is 286 g/mol. The lowest BCUT2D eigenvalue weighted by atomic mass is 10.2. The van der Waals surface area contributed by atoms with Gasteiger partial charge in [-0.1, -0.05) is 25.9 Å². The molecule has 0 saturated carbocycles. The second-order valence-electron chi connectivity index (χ2n) is 5.13. The third-order valence-corrected chi connectivity index (χ3v) is 3.68. The van der Waals surface area contributed by atoms with Crippen LogP contribution in [0.15, 0.2) is 4.42 Å². The summed E-state index contributed by atoms with van der Waals surface area (Å²) < 4.78 is 5.69. The fourth-order valence-corrected chi connectivity index (χ4v) is 2.62. The number of hydrogen-bond acceptors (Lipinski definition) is 6. The Balaban J connectivity index is 2.52. The predicted octanol–water partition coefficient (Wildman–Crippen LogP) is 2.39. The molecule has 1 unspecified atom stereocenters. The first-order valence-corrected chi connectivity index (χ1v) is 8.22. The summed E-state index contributed by atoms with van der Waals surface area (Å²) in [6.45, 7) is 8.12. The molecule has 0 amide bonds. The molecule has 110 valence electrons. The van der Waals surface area contributed by atoms with Gasteiger partial charge in [0.25, 0.3) is 0 Å². The number of nitrogens with one attached hydrogen (secondary N) is 1. The predicted molar refractivity (Wildman–Crippen MR) is 81.7 cm³/mol. The lowest BCUT2D eigenvalue weighted by Gasteiger charge is -2.24. The quantitative estimate of drug-likeness (QED) is 0.752. The normalized spacial score (nSPS) is 12.9. The van der Waals surface area contributed by atoms with Crippen LogP contribution in [-0.4, -0.2) is 41.8 Å². The van der Waals surface area contributed by atoms with Crippen molar-refractivity contribution in [3.05, 3.63) is 5.89 Å². The van der Waals surface area contributed by atoms with Crippen LogP contribution in [0, 0.1) is 5.92 Å². The van der Waals surface area contributed by atoms with Crippen molar-refractivity contribution in [3.63, 3.8) is 0 Å². The van der Waals surface area contributed by atoms with Crippen molar-refractivity contribution in [1.82, 2.24) is 15.5 Å². The van der Waals surface area contributed by atoms with Gasteiger partial charge in [0.05, 0.1) is 6.54 Å². The SMILES string of the molecule is CCC(CSC)N(C)c1nnc(CNCC(C)C)o1. The van der Waals surface area contributed by atoms with Crippen molar-refractivity contribution in [2.75, 3.05) is 30.5 Å². The van der Waals surface area contributed by atoms with Crippen LogP contribution in [0.3, 0.4) is 0 Å². The number of thioether (sulfide) groups is 1. The molecule has 0 radical (unpaired) electrons. The highest BCUT2D eigenvalue weighted by molar-refractivity contribution is 7.98. The van der Waals surface area contributed by atoms with Gasteiger partial charge in [-0.2, -0.15) is 11.8 Å². The van der Waals surface area contributed by atoms with E-state index in [1.807, 2.05) is 18.8 Å². The molecule has 1 atom stereocenters. The molecule has 6 heteroatoms. The molecule has 1 N–H and O–H groups in total. The second-order valence-corrected chi connectivity index (χ2v) is 6.04. The Bertz CT molecular complexity index is 356. The molecule has 1 aromatic heterocycles. The molecular weight excluding hydrogens is 260 g/mol. The van der Waals surface area contributed by atoms with Crippen LogP contribution in [-0.2, 0) is 6.54 Å². The van der Waals surface area contributed by atoms with Gasteiger partial charge >= 0.3 is 6.01 Å². The van der Waals surface area contributed by atoms with E-state index in [9.17, 15) is 0 Å². The molecular formula is C13H26N4OS. The largest absolute Gasteiger partial charge is 0.407 e. The average Bonchev–Trinajstić information content (AvgIpc) is 2.83. The lowest BCUT2D eigenvalue weighted by molar-refractivity contribution is 0.443. The van der Waals surface area contributed by atoms with Gasteiger partial charge < -0.3 is 14.6 Å². The summed E-state index contributed by atoms with van der Waals surface area (Å²) >= 11 is 1.84. The Kier molecular flexibility index (Phi) is 7.23. The monoisotopic (exact) mass is 286 g/mol. The van der Waals surface area contributed by atoms with E-state index >= 15 is 0 Å². The second kappa shape index (κ2) is 8.43. The van der Waals surface area contributed by atoms with Gasteiger partial charge in [-0.25, -0.2) is 0 Å². The van der Waals surface area contributed by atoms with Crippen molar-refractivity contribution in [1.29, 1.82) is 0 Å². The van der Waals surface area contributed by atoms with Crippen LogP contribution in [0.5, 0.6) is 0 Å². The van der Waals surface area contributed by atoms with Crippen LogP contribution < -0.4 is 10.2 Å². The van der Waals surface area contributed by atoms with Gasteiger partial charge in [0.1, 0.15) is 0 Å². The van der Waals surface area contributed by atoms with Gasteiger partial charge in [0.2, 0.25) is 5.89 Å². The summed E-state index contributed by atoms with van der Waals surface area (Å²) in [5.41, 5.74) is 0. The molecule has 0 spiro atoms. The molecule has 1 rings (SSSR count). The fourth-order valence-electron chi connectivity index (χ4n) is 1.78. The van der Waals surface area contributed by atoms with E-state index in [0.717, 1.165) is 18.7 Å². The van der Waals surface area contributed by atoms with E-state index in [0.29, 0.717) is 30.4 Å². The van der Waals surface area contributed by atoms with Crippen molar-refractivity contribution < 1.29 is 4.42 Å². The van der Waals surface area contributed by atoms with Crippen LogP contribution in [0.4, 0.5) is 6.01 Å². The fraction of sp³-hybridized carbons (Fsp3) is 0.846. The van der Waals surface area contributed by atoms with Gasteiger partial charge in [0.15, 0.2) is 0 Å². The van der Waals surface area contributed by atoms with E-state index < -0.39 is 0 Å². The minimum Gasteiger partial charge on any atom is -0.407 e. The first-order valence-electron chi connectivity index (χ1n) is 6.83. The van der Waals surface area contributed by atoms with Crippen molar-refractivity contribution in [2.24, 2.45) is 5.92 Å². The molecule has 0 aromatic carbocycles. The van der Waals surface area contributed by atoms with E-state index in [-0.39, 0.29) is 0 Å². The van der Waals surface area contributed by atoms with Gasteiger partial charge in [0, 0.05) is 18.8 Å². The van der Waals surface area contributed by atoms with Gasteiger partial charge in [-0.3, -0.25) is 0 Å². The highest BCUT2D eigenvalue weighted by Crippen LogP contribution is 2.17. The molecule has 19 heavy (non-hydrogen) atoms. The third-order valence-electron chi connectivity index (χ3n) is 2.96. The zero-order valence-electron chi connectivity index (χ0n) is 12.6. The van der Waals surface area contributed by atoms with E-state index in [4.69, 9.17) is 4.42 Å². The molecule has 5 nitrogen and oxygen atoms in total. The first-order chi connectivity index (χ1) is 9.08. The molecule has 0 bridgehead atoms. The highest BCUT2D eigenvalue weighted by atomic mass is 32.2. The Morgan fingerprint density at radius 2 is 2.11 bits per heavy atom. The van der Waals surface area contributed by atoms with Gasteiger partial charge in [-0.05, 0) is 25.1 Å². The maximum atomic E-state index is 5.69. The topological polar surface area (TPSA) is 54.2 Å². The Morgan fingerprint density at radius 3 is 2.68 bits per heavy atom. The van der Waals surface area contributed by atoms with Crippen LogP contribution >= 0.6 is 11.8 Å². The molecule has 0 fully saturated rings. The zero-order chi connectivity index (χ0) is 14.3. The third kappa shape index (κ3) is 5.40. The first kappa shape index (κ1) is 16.3. The number of aromatic nitrogens is 2. The number of anilines is 1. The molecule has 0 aliphatic rings. The van der Waals surface area contributed by atoms with Crippen LogP contribution in [0.2, 0.25) is 0 Å². The summed E-state index contributed by atoms with van der Waals surface area (Å²) in [5, 5.41) is 11.5. The molecule has 0 saturated heterocycles. The highest BCUT2D eigenvalue weighted by Gasteiger charge is 2.18. The Labute approximate surface area is 120 Å². The van der Waals surface area contributed by atoms with E-state index in [1.54, 1.807) is 0 Å². The molecule has 1 heterocycles. The van der Waals surface area contributed by atoms with E-state index in [1.165, 1.54) is 0 Å². The number of hydrogen-bond donors (Lipinski definition) is 1. The summed E-state index contributed by atoms with van der Waals surface area (Å²) in [6.07, 6.45) is 3.19. The lowest BCUT2D eigenvalue weighted by Crippen LogP contribution is -2.33. The summed E-state index contributed by atoms with van der Waals surface area (Å²) in [7, 11) is 2.02. The van der Waals surface area contributed by atoms with Crippen molar-refractivity contribution >= 4 is 17.8 Å². The van der Waals surface area contributed by atoms with E-state index in [2.05, 4.69) is 47.4 Å². The molecule has 0 aliphatic heterocycles. The van der Waals surface area contributed by atoms with Crippen LogP contribution in [0.25, 0.3) is 0 Å². The minimum absolute atomic E-state index is 0.437. The van der Waals surface area contributed by atoms with Crippen molar-refractivity contribution in [2.45, 2.75) is 39.8 Å². The Hall–Kier alpha value is -0.750. The standard InChI is InChI=1S/C13H26N4OS/c1-6-11(9-19-5)17(4)13-16-15-12(18-13)8-14-7-10(2)3/h10-11,14H,6-9H2,1-5H3. The molecule has 1 aromatic rings. The smallest absolute Gasteiger partial charge is 0.318 e. The van der Waals surface area contributed by atoms with Gasteiger partial charge in [-0.15, -0.1) is 5.10 Å². The summed E-state index contributed by atoms with van der Waals surface area (Å²) in [5.74, 6) is 2.34. The molecule has 0 aliphatic carbocycles.